The van der Waals surface area contributed by atoms with E-state index in [1.165, 1.54) is 0 Å². The smallest absolute Gasteiger partial charge is 0.251 e. The summed E-state index contributed by atoms with van der Waals surface area (Å²) in [5.74, 6) is -0.0409. The number of carbonyl (C=O) groups is 2. The first-order valence-corrected chi connectivity index (χ1v) is 9.30. The normalized spacial score (nSPS) is 11.7. The molecule has 0 aliphatic rings. The minimum Gasteiger partial charge on any atom is -0.492 e. The molecule has 2 N–H and O–H groups in total. The molecule has 5 nitrogen and oxygen atoms in total. The Hall–Kier alpha value is -2.34. The van der Waals surface area contributed by atoms with Gasteiger partial charge >= 0.3 is 0 Å². The van der Waals surface area contributed by atoms with Crippen molar-refractivity contribution in [2.75, 3.05) is 11.9 Å². The fourth-order valence-corrected chi connectivity index (χ4v) is 2.69. The second-order valence-corrected chi connectivity index (χ2v) is 7.04. The number of benzene rings is 2. The third-order valence-corrected chi connectivity index (χ3v) is 4.32. The van der Waals surface area contributed by atoms with Crippen LogP contribution in [0.5, 0.6) is 5.75 Å². The summed E-state index contributed by atoms with van der Waals surface area (Å²) in [4.78, 5) is 25.2. The first-order chi connectivity index (χ1) is 12.4. The summed E-state index contributed by atoms with van der Waals surface area (Å²) < 4.78 is 6.42. The number of ether oxygens (including phenoxy) is 1. The predicted octanol–water partition coefficient (Wildman–Crippen LogP) is 4.24. The molecule has 2 amide bonds. The molecule has 0 saturated heterocycles. The van der Waals surface area contributed by atoms with E-state index < -0.39 is 6.04 Å². The van der Waals surface area contributed by atoms with E-state index in [0.717, 1.165) is 4.47 Å². The Bertz CT molecular complexity index is 760. The Kier molecular flexibility index (Phi) is 7.21. The summed E-state index contributed by atoms with van der Waals surface area (Å²) in [6.07, 6.45) is 0. The summed E-state index contributed by atoms with van der Waals surface area (Å²) >= 11 is 3.34. The molecule has 138 valence electrons. The topological polar surface area (TPSA) is 67.4 Å². The van der Waals surface area contributed by atoms with Crippen LogP contribution in [0, 0.1) is 5.92 Å². The van der Waals surface area contributed by atoms with Gasteiger partial charge in [-0.15, -0.1) is 0 Å². The van der Waals surface area contributed by atoms with Crippen LogP contribution in [-0.4, -0.2) is 24.5 Å². The van der Waals surface area contributed by atoms with Gasteiger partial charge in [-0.1, -0.05) is 41.9 Å². The molecule has 0 aromatic heterocycles. The fraction of sp³-hybridized carbons (Fsp3) is 0.300. The van der Waals surface area contributed by atoms with Gasteiger partial charge in [0.05, 0.1) is 12.3 Å². The molecule has 0 heterocycles. The van der Waals surface area contributed by atoms with E-state index in [2.05, 4.69) is 26.6 Å². The lowest BCUT2D eigenvalue weighted by atomic mass is 10.0. The van der Waals surface area contributed by atoms with Gasteiger partial charge in [0.25, 0.3) is 5.91 Å². The Labute approximate surface area is 162 Å². The average molecular weight is 419 g/mol. The highest BCUT2D eigenvalue weighted by atomic mass is 79.9. The van der Waals surface area contributed by atoms with Crippen molar-refractivity contribution in [1.82, 2.24) is 5.32 Å². The maximum Gasteiger partial charge on any atom is 0.251 e. The van der Waals surface area contributed by atoms with Crippen molar-refractivity contribution in [2.24, 2.45) is 5.92 Å². The van der Waals surface area contributed by atoms with Crippen molar-refractivity contribution in [2.45, 2.75) is 26.8 Å². The third-order valence-electron chi connectivity index (χ3n) is 3.79. The number of para-hydroxylation sites is 2. The highest BCUT2D eigenvalue weighted by molar-refractivity contribution is 9.10. The number of hydrogen-bond donors (Lipinski definition) is 2. The van der Waals surface area contributed by atoms with E-state index in [0.29, 0.717) is 23.6 Å². The molecule has 0 spiro atoms. The van der Waals surface area contributed by atoms with E-state index in [1.54, 1.807) is 36.4 Å². The van der Waals surface area contributed by atoms with Crippen LogP contribution in [0.25, 0.3) is 0 Å². The first kappa shape index (κ1) is 20.0. The van der Waals surface area contributed by atoms with E-state index in [4.69, 9.17) is 4.74 Å². The summed E-state index contributed by atoms with van der Waals surface area (Å²) in [5.41, 5.74) is 1.09. The zero-order valence-corrected chi connectivity index (χ0v) is 16.7. The van der Waals surface area contributed by atoms with Gasteiger partial charge in [-0.05, 0) is 49.2 Å². The highest BCUT2D eigenvalue weighted by Crippen LogP contribution is 2.24. The SMILES string of the molecule is CCOc1ccccc1NC(=O)[C@@H](NC(=O)c1ccc(Br)cc1)C(C)C. The van der Waals surface area contributed by atoms with Crippen molar-refractivity contribution in [1.29, 1.82) is 0 Å². The van der Waals surface area contributed by atoms with E-state index >= 15 is 0 Å². The number of anilines is 1. The summed E-state index contributed by atoms with van der Waals surface area (Å²) in [6, 6.07) is 13.6. The second kappa shape index (κ2) is 9.38. The zero-order chi connectivity index (χ0) is 19.1. The van der Waals surface area contributed by atoms with Crippen molar-refractivity contribution < 1.29 is 14.3 Å². The minimum absolute atomic E-state index is 0.0753. The van der Waals surface area contributed by atoms with Crippen LogP contribution in [0.3, 0.4) is 0 Å². The molecule has 0 saturated carbocycles. The zero-order valence-electron chi connectivity index (χ0n) is 15.1. The van der Waals surface area contributed by atoms with Gasteiger partial charge < -0.3 is 15.4 Å². The van der Waals surface area contributed by atoms with Gasteiger partial charge in [-0.25, -0.2) is 0 Å². The van der Waals surface area contributed by atoms with E-state index in [9.17, 15) is 9.59 Å². The molecule has 6 heteroatoms. The predicted molar refractivity (Wildman–Crippen MR) is 106 cm³/mol. The molecule has 1 atom stereocenters. The van der Waals surface area contributed by atoms with Gasteiger partial charge in [0.1, 0.15) is 11.8 Å². The van der Waals surface area contributed by atoms with Crippen molar-refractivity contribution in [3.05, 3.63) is 58.6 Å². The molecular weight excluding hydrogens is 396 g/mol. The number of rotatable bonds is 7. The van der Waals surface area contributed by atoms with Crippen LogP contribution in [0.2, 0.25) is 0 Å². The molecule has 2 aromatic carbocycles. The molecule has 0 unspecified atom stereocenters. The van der Waals surface area contributed by atoms with Crippen LogP contribution in [0.4, 0.5) is 5.69 Å². The summed E-state index contributed by atoms with van der Waals surface area (Å²) in [7, 11) is 0. The molecule has 0 radical (unpaired) electrons. The lowest BCUT2D eigenvalue weighted by Crippen LogP contribution is -2.47. The maximum absolute atomic E-state index is 12.7. The Morgan fingerprint density at radius 3 is 2.35 bits per heavy atom. The molecule has 0 bridgehead atoms. The minimum atomic E-state index is -0.666. The molecule has 0 aliphatic carbocycles. The maximum atomic E-state index is 12.7. The Balaban J connectivity index is 2.12. The number of carbonyl (C=O) groups excluding carboxylic acids is 2. The molecule has 26 heavy (non-hydrogen) atoms. The van der Waals surface area contributed by atoms with E-state index in [1.807, 2.05) is 32.9 Å². The van der Waals surface area contributed by atoms with Crippen LogP contribution < -0.4 is 15.4 Å². The van der Waals surface area contributed by atoms with Crippen LogP contribution >= 0.6 is 15.9 Å². The van der Waals surface area contributed by atoms with Gasteiger partial charge in [0, 0.05) is 10.0 Å². The first-order valence-electron chi connectivity index (χ1n) is 8.51. The molecule has 0 aliphatic heterocycles. The van der Waals surface area contributed by atoms with Crippen LogP contribution in [0.15, 0.2) is 53.0 Å². The molecule has 2 rings (SSSR count). The number of amides is 2. The molecular formula is C20H23BrN2O3. The number of hydrogen-bond acceptors (Lipinski definition) is 3. The van der Waals surface area contributed by atoms with Crippen LogP contribution in [-0.2, 0) is 4.79 Å². The lowest BCUT2D eigenvalue weighted by Gasteiger charge is -2.22. The number of nitrogens with one attached hydrogen (secondary N) is 2. The fourth-order valence-electron chi connectivity index (χ4n) is 2.42. The summed E-state index contributed by atoms with van der Waals surface area (Å²) in [5, 5.41) is 5.67. The quantitative estimate of drug-likeness (QED) is 0.706. The van der Waals surface area contributed by atoms with Gasteiger partial charge in [-0.3, -0.25) is 9.59 Å². The van der Waals surface area contributed by atoms with Crippen LogP contribution in [0.1, 0.15) is 31.1 Å². The lowest BCUT2D eigenvalue weighted by molar-refractivity contribution is -0.118. The Morgan fingerprint density at radius 2 is 1.73 bits per heavy atom. The summed E-state index contributed by atoms with van der Waals surface area (Å²) in [6.45, 7) is 6.16. The second-order valence-electron chi connectivity index (χ2n) is 6.12. The van der Waals surface area contributed by atoms with Crippen molar-refractivity contribution >= 4 is 33.4 Å². The third kappa shape index (κ3) is 5.33. The van der Waals surface area contributed by atoms with Crippen molar-refractivity contribution in [3.8, 4) is 5.75 Å². The Morgan fingerprint density at radius 1 is 1.08 bits per heavy atom. The van der Waals surface area contributed by atoms with Gasteiger partial charge in [-0.2, -0.15) is 0 Å². The molecule has 0 fully saturated rings. The van der Waals surface area contributed by atoms with Gasteiger partial charge in [0.2, 0.25) is 5.91 Å². The van der Waals surface area contributed by atoms with E-state index in [-0.39, 0.29) is 17.7 Å². The monoisotopic (exact) mass is 418 g/mol. The van der Waals surface area contributed by atoms with Gasteiger partial charge in [0.15, 0.2) is 0 Å². The standard InChI is InChI=1S/C20H23BrN2O3/c1-4-26-17-8-6-5-7-16(17)22-20(25)18(13(2)3)23-19(24)14-9-11-15(21)12-10-14/h5-13,18H,4H2,1-3H3,(H,22,25)(H,23,24)/t18-/m0/s1. The largest absolute Gasteiger partial charge is 0.492 e. The molecule has 2 aromatic rings. The average Bonchev–Trinajstić information content (AvgIpc) is 2.61. The highest BCUT2D eigenvalue weighted by Gasteiger charge is 2.25. The van der Waals surface area contributed by atoms with Crippen molar-refractivity contribution in [3.63, 3.8) is 0 Å². The number of halogens is 1.